The van der Waals surface area contributed by atoms with Gasteiger partial charge in [-0.15, -0.1) is 15.3 Å². The Morgan fingerprint density at radius 2 is 1.77 bits per heavy atom. The first-order valence-electron chi connectivity index (χ1n) is 7.82. The summed E-state index contributed by atoms with van der Waals surface area (Å²) in [6.45, 7) is 1.68. The predicted molar refractivity (Wildman–Crippen MR) is 98.2 cm³/mol. The molecular formula is C15H14Cl2N6O2S. The molecule has 136 valence electrons. The molecule has 0 spiro atoms. The normalized spacial score (nSPS) is 16.3. The van der Waals surface area contributed by atoms with Crippen molar-refractivity contribution in [1.29, 1.82) is 0 Å². The highest BCUT2D eigenvalue weighted by Crippen LogP contribution is 2.28. The van der Waals surface area contributed by atoms with Gasteiger partial charge in [-0.2, -0.15) is 8.82 Å². The number of rotatable bonds is 3. The Hall–Kier alpha value is -1.94. The lowest BCUT2D eigenvalue weighted by Crippen LogP contribution is -2.49. The summed E-state index contributed by atoms with van der Waals surface area (Å²) < 4.78 is 28.7. The quantitative estimate of drug-likeness (QED) is 0.653. The summed E-state index contributed by atoms with van der Waals surface area (Å²) >= 11 is 12.0. The van der Waals surface area contributed by atoms with Crippen molar-refractivity contribution in [3.63, 3.8) is 0 Å². The standard InChI is InChI=1S/C15H14Cl2N6O2S/c16-11-1-2-12(17)13(9-11)26(24,25)22-7-5-21(6-8-22)15-4-3-14-19-18-10-23(14)20-15/h1-4,9-10H,5-8H2. The zero-order chi connectivity index (χ0) is 18.3. The van der Waals surface area contributed by atoms with E-state index in [0.29, 0.717) is 36.8 Å². The van der Waals surface area contributed by atoms with E-state index in [1.807, 2.05) is 17.0 Å². The molecule has 1 aromatic carbocycles. The first kappa shape index (κ1) is 17.5. The lowest BCUT2D eigenvalue weighted by Gasteiger charge is -2.34. The number of aromatic nitrogens is 4. The zero-order valence-corrected chi connectivity index (χ0v) is 15.8. The number of nitrogens with zero attached hydrogens (tertiary/aromatic N) is 6. The highest BCUT2D eigenvalue weighted by Gasteiger charge is 2.30. The second-order valence-electron chi connectivity index (χ2n) is 5.79. The lowest BCUT2D eigenvalue weighted by molar-refractivity contribution is 0.383. The molecule has 0 saturated carbocycles. The van der Waals surface area contributed by atoms with E-state index in [0.717, 1.165) is 5.82 Å². The van der Waals surface area contributed by atoms with Crippen molar-refractivity contribution in [1.82, 2.24) is 24.1 Å². The summed E-state index contributed by atoms with van der Waals surface area (Å²) in [7, 11) is -3.70. The van der Waals surface area contributed by atoms with Crippen LogP contribution in [-0.2, 0) is 10.0 Å². The largest absolute Gasteiger partial charge is 0.353 e. The summed E-state index contributed by atoms with van der Waals surface area (Å²) in [4.78, 5) is 2.05. The molecule has 3 heterocycles. The van der Waals surface area contributed by atoms with Crippen molar-refractivity contribution < 1.29 is 8.42 Å². The summed E-state index contributed by atoms with van der Waals surface area (Å²) in [5.41, 5.74) is 0.658. The molecule has 0 amide bonds. The van der Waals surface area contributed by atoms with Crippen LogP contribution in [0.1, 0.15) is 0 Å². The number of halogens is 2. The van der Waals surface area contributed by atoms with Crippen LogP contribution in [0.2, 0.25) is 10.0 Å². The smallest absolute Gasteiger partial charge is 0.244 e. The number of hydrogen-bond donors (Lipinski definition) is 0. The fraction of sp³-hybridized carbons (Fsp3) is 0.267. The van der Waals surface area contributed by atoms with Gasteiger partial charge in [0.25, 0.3) is 0 Å². The average molecular weight is 413 g/mol. The zero-order valence-electron chi connectivity index (χ0n) is 13.5. The van der Waals surface area contributed by atoms with Gasteiger partial charge in [0, 0.05) is 31.2 Å². The van der Waals surface area contributed by atoms with Gasteiger partial charge in [-0.05, 0) is 30.3 Å². The SMILES string of the molecule is O=S(=O)(c1cc(Cl)ccc1Cl)N1CCN(c2ccc3nncn3n2)CC1. The molecular weight excluding hydrogens is 399 g/mol. The highest BCUT2D eigenvalue weighted by molar-refractivity contribution is 7.89. The molecule has 3 aromatic rings. The van der Waals surface area contributed by atoms with Crippen LogP contribution >= 0.6 is 23.2 Å². The van der Waals surface area contributed by atoms with Gasteiger partial charge in [0.15, 0.2) is 5.65 Å². The average Bonchev–Trinajstić information content (AvgIpc) is 3.11. The van der Waals surface area contributed by atoms with Gasteiger partial charge >= 0.3 is 0 Å². The third kappa shape index (κ3) is 3.11. The highest BCUT2D eigenvalue weighted by atomic mass is 35.5. The molecule has 1 saturated heterocycles. The molecule has 1 aliphatic heterocycles. The third-order valence-electron chi connectivity index (χ3n) is 4.22. The Morgan fingerprint density at radius 1 is 1.00 bits per heavy atom. The van der Waals surface area contributed by atoms with E-state index in [-0.39, 0.29) is 9.92 Å². The monoisotopic (exact) mass is 412 g/mol. The van der Waals surface area contributed by atoms with Crippen LogP contribution in [0.4, 0.5) is 5.82 Å². The number of hydrogen-bond acceptors (Lipinski definition) is 6. The maximum Gasteiger partial charge on any atom is 0.244 e. The molecule has 8 nitrogen and oxygen atoms in total. The minimum Gasteiger partial charge on any atom is -0.353 e. The van der Waals surface area contributed by atoms with Gasteiger partial charge in [0.1, 0.15) is 17.0 Å². The lowest BCUT2D eigenvalue weighted by atomic mass is 10.3. The summed E-state index contributed by atoms with van der Waals surface area (Å²) in [5, 5.41) is 12.7. The van der Waals surface area contributed by atoms with Crippen LogP contribution in [0.5, 0.6) is 0 Å². The van der Waals surface area contributed by atoms with Crippen molar-refractivity contribution in [3.8, 4) is 0 Å². The molecule has 1 aliphatic rings. The number of anilines is 1. The van der Waals surface area contributed by atoms with E-state index < -0.39 is 10.0 Å². The molecule has 0 atom stereocenters. The molecule has 0 aliphatic carbocycles. The molecule has 1 fully saturated rings. The maximum atomic E-state index is 12.9. The van der Waals surface area contributed by atoms with E-state index in [4.69, 9.17) is 23.2 Å². The van der Waals surface area contributed by atoms with Crippen molar-refractivity contribution >= 4 is 44.7 Å². The first-order valence-corrected chi connectivity index (χ1v) is 10.0. The van der Waals surface area contributed by atoms with Gasteiger partial charge in [0.05, 0.1) is 5.02 Å². The molecule has 26 heavy (non-hydrogen) atoms. The summed E-state index contributed by atoms with van der Waals surface area (Å²) in [5.74, 6) is 0.745. The first-order chi connectivity index (χ1) is 12.4. The minimum absolute atomic E-state index is 0.0316. The molecule has 2 aromatic heterocycles. The number of piperazine rings is 1. The Kier molecular flexibility index (Phi) is 4.47. The van der Waals surface area contributed by atoms with E-state index in [1.165, 1.54) is 22.8 Å². The van der Waals surface area contributed by atoms with E-state index in [1.54, 1.807) is 10.6 Å². The molecule has 0 bridgehead atoms. The topological polar surface area (TPSA) is 83.7 Å². The minimum atomic E-state index is -3.70. The van der Waals surface area contributed by atoms with Crippen molar-refractivity contribution in [2.24, 2.45) is 0 Å². The van der Waals surface area contributed by atoms with E-state index in [9.17, 15) is 8.42 Å². The number of fused-ring (bicyclic) bond motifs is 1. The second kappa shape index (κ2) is 6.66. The maximum absolute atomic E-state index is 12.9. The van der Waals surface area contributed by atoms with Crippen LogP contribution in [0, 0.1) is 0 Å². The van der Waals surface area contributed by atoms with Crippen LogP contribution < -0.4 is 4.90 Å². The van der Waals surface area contributed by atoms with Gasteiger partial charge in [-0.1, -0.05) is 23.2 Å². The molecule has 4 rings (SSSR count). The van der Waals surface area contributed by atoms with Crippen LogP contribution in [0.3, 0.4) is 0 Å². The van der Waals surface area contributed by atoms with E-state index >= 15 is 0 Å². The Morgan fingerprint density at radius 3 is 2.54 bits per heavy atom. The fourth-order valence-electron chi connectivity index (χ4n) is 2.86. The van der Waals surface area contributed by atoms with Gasteiger partial charge in [-0.25, -0.2) is 8.42 Å². The summed E-state index contributed by atoms with van der Waals surface area (Å²) in [6.07, 6.45) is 1.53. The van der Waals surface area contributed by atoms with Crippen LogP contribution in [0.25, 0.3) is 5.65 Å². The predicted octanol–water partition coefficient (Wildman–Crippen LogP) is 1.94. The Bertz CT molecular complexity index is 1060. The van der Waals surface area contributed by atoms with Gasteiger partial charge in [0.2, 0.25) is 10.0 Å². The Balaban J connectivity index is 1.53. The fourth-order valence-corrected chi connectivity index (χ4v) is 5.02. The number of sulfonamides is 1. The molecule has 0 unspecified atom stereocenters. The molecule has 11 heteroatoms. The van der Waals surface area contributed by atoms with Crippen LogP contribution in [-0.4, -0.2) is 58.7 Å². The third-order valence-corrected chi connectivity index (χ3v) is 6.84. The molecule has 0 N–H and O–H groups in total. The number of benzene rings is 1. The Labute approximate surface area is 160 Å². The van der Waals surface area contributed by atoms with Gasteiger partial charge in [-0.3, -0.25) is 0 Å². The van der Waals surface area contributed by atoms with Crippen molar-refractivity contribution in [2.75, 3.05) is 31.1 Å². The van der Waals surface area contributed by atoms with E-state index in [2.05, 4.69) is 15.3 Å². The van der Waals surface area contributed by atoms with Gasteiger partial charge < -0.3 is 4.90 Å². The van der Waals surface area contributed by atoms with Crippen molar-refractivity contribution in [3.05, 3.63) is 46.7 Å². The molecule has 0 radical (unpaired) electrons. The second-order valence-corrected chi connectivity index (χ2v) is 8.54. The summed E-state index contributed by atoms with van der Waals surface area (Å²) in [6, 6.07) is 8.11. The van der Waals surface area contributed by atoms with Crippen molar-refractivity contribution in [2.45, 2.75) is 4.90 Å². The van der Waals surface area contributed by atoms with Crippen LogP contribution in [0.15, 0.2) is 41.6 Å².